The lowest BCUT2D eigenvalue weighted by Gasteiger charge is -2.35. The second-order valence-corrected chi connectivity index (χ2v) is 6.67. The molecule has 2 unspecified atom stereocenters. The summed E-state index contributed by atoms with van der Waals surface area (Å²) in [6, 6.07) is 15.1. The van der Waals surface area contributed by atoms with Crippen molar-refractivity contribution >= 4 is 23.5 Å². The summed E-state index contributed by atoms with van der Waals surface area (Å²) >= 11 is 0. The van der Waals surface area contributed by atoms with Gasteiger partial charge in [0.25, 0.3) is 5.91 Å². The number of hydrogen-bond acceptors (Lipinski definition) is 4. The number of hydrogen-bond donors (Lipinski definition) is 1. The molecule has 2 aromatic rings. The number of para-hydroxylation sites is 2. The third kappa shape index (κ3) is 3.98. The molecule has 0 aliphatic carbocycles. The van der Waals surface area contributed by atoms with E-state index in [9.17, 15) is 19.5 Å². The molecule has 2 amide bonds. The van der Waals surface area contributed by atoms with Gasteiger partial charge in [0.1, 0.15) is 18.3 Å². The zero-order valence-corrected chi connectivity index (χ0v) is 15.7. The Balaban J connectivity index is 1.87. The van der Waals surface area contributed by atoms with Crippen molar-refractivity contribution in [1.82, 2.24) is 4.90 Å². The quantitative estimate of drug-likeness (QED) is 0.828. The van der Waals surface area contributed by atoms with E-state index in [1.165, 1.54) is 16.7 Å². The maximum absolute atomic E-state index is 13.1. The minimum absolute atomic E-state index is 0.142. The highest BCUT2D eigenvalue weighted by Gasteiger charge is 2.35. The SMILES string of the molecule is CC1Oc2ccccc2N(CC(=O)N(Cc2ccccc2)C(C)C(=O)O)C1=O. The predicted octanol–water partition coefficient (Wildman–Crippen LogP) is 2.30. The van der Waals surface area contributed by atoms with Crippen LogP contribution < -0.4 is 9.64 Å². The highest BCUT2D eigenvalue weighted by molar-refractivity contribution is 6.04. The average molecular weight is 382 g/mol. The molecule has 0 bridgehead atoms. The number of amides is 2. The van der Waals surface area contributed by atoms with Gasteiger partial charge in [0, 0.05) is 6.54 Å². The Morgan fingerprint density at radius 2 is 1.79 bits per heavy atom. The number of anilines is 1. The molecule has 0 aromatic heterocycles. The maximum atomic E-state index is 13.1. The molecule has 1 aliphatic rings. The minimum Gasteiger partial charge on any atom is -0.480 e. The highest BCUT2D eigenvalue weighted by atomic mass is 16.5. The standard InChI is InChI=1S/C21H22N2O5/c1-14(21(26)27)22(12-16-8-4-3-5-9-16)19(24)13-23-17-10-6-7-11-18(17)28-15(2)20(23)25/h3-11,14-15H,12-13H2,1-2H3,(H,26,27). The normalized spacial score (nSPS) is 16.7. The van der Waals surface area contributed by atoms with E-state index in [-0.39, 0.29) is 19.0 Å². The van der Waals surface area contributed by atoms with Gasteiger partial charge in [-0.2, -0.15) is 0 Å². The van der Waals surface area contributed by atoms with Crippen molar-refractivity contribution in [2.45, 2.75) is 32.5 Å². The average Bonchev–Trinajstić information content (AvgIpc) is 2.69. The zero-order valence-electron chi connectivity index (χ0n) is 15.7. The van der Waals surface area contributed by atoms with Crippen LogP contribution in [0.1, 0.15) is 19.4 Å². The topological polar surface area (TPSA) is 87.2 Å². The molecule has 0 fully saturated rings. The molecule has 7 heteroatoms. The van der Waals surface area contributed by atoms with Gasteiger partial charge in [0.05, 0.1) is 5.69 Å². The Labute approximate surface area is 163 Å². The van der Waals surface area contributed by atoms with Crippen molar-refractivity contribution in [3.05, 3.63) is 60.2 Å². The second kappa shape index (κ2) is 8.12. The monoisotopic (exact) mass is 382 g/mol. The van der Waals surface area contributed by atoms with E-state index in [2.05, 4.69) is 0 Å². The summed E-state index contributed by atoms with van der Waals surface area (Å²) in [7, 11) is 0. The van der Waals surface area contributed by atoms with E-state index in [0.717, 1.165) is 5.56 Å². The number of rotatable bonds is 6. The van der Waals surface area contributed by atoms with Crippen molar-refractivity contribution in [3.63, 3.8) is 0 Å². The first-order chi connectivity index (χ1) is 13.4. The van der Waals surface area contributed by atoms with Crippen LogP contribution in [0.5, 0.6) is 5.75 Å². The van der Waals surface area contributed by atoms with Crippen LogP contribution in [0.4, 0.5) is 5.69 Å². The summed E-state index contributed by atoms with van der Waals surface area (Å²) in [6.45, 7) is 2.97. The molecule has 0 saturated heterocycles. The van der Waals surface area contributed by atoms with Crippen molar-refractivity contribution in [2.24, 2.45) is 0 Å². The van der Waals surface area contributed by atoms with Gasteiger partial charge >= 0.3 is 5.97 Å². The largest absolute Gasteiger partial charge is 0.480 e. The van der Waals surface area contributed by atoms with Crippen LogP contribution in [-0.2, 0) is 20.9 Å². The third-order valence-corrected chi connectivity index (χ3v) is 4.71. The number of carbonyl (C=O) groups excluding carboxylic acids is 2. The molecule has 0 radical (unpaired) electrons. The molecule has 7 nitrogen and oxygen atoms in total. The van der Waals surface area contributed by atoms with E-state index in [1.807, 2.05) is 30.3 Å². The Hall–Kier alpha value is -3.35. The van der Waals surface area contributed by atoms with E-state index >= 15 is 0 Å². The van der Waals surface area contributed by atoms with Gasteiger partial charge < -0.3 is 14.7 Å². The molecule has 0 spiro atoms. The molecule has 146 valence electrons. The van der Waals surface area contributed by atoms with Gasteiger partial charge in [-0.15, -0.1) is 0 Å². The van der Waals surface area contributed by atoms with Crippen LogP contribution in [0.3, 0.4) is 0 Å². The molecular formula is C21H22N2O5. The number of ether oxygens (including phenoxy) is 1. The second-order valence-electron chi connectivity index (χ2n) is 6.67. The first kappa shape index (κ1) is 19.4. The number of fused-ring (bicyclic) bond motifs is 1. The Morgan fingerprint density at radius 1 is 1.14 bits per heavy atom. The van der Waals surface area contributed by atoms with E-state index in [4.69, 9.17) is 4.74 Å². The molecule has 1 heterocycles. The number of carboxylic acids is 1. The maximum Gasteiger partial charge on any atom is 0.326 e. The van der Waals surface area contributed by atoms with Crippen LogP contribution >= 0.6 is 0 Å². The summed E-state index contributed by atoms with van der Waals surface area (Å²) in [4.78, 5) is 39.9. The summed E-state index contributed by atoms with van der Waals surface area (Å²) in [5.41, 5.74) is 1.31. The van der Waals surface area contributed by atoms with Crippen LogP contribution in [0.25, 0.3) is 0 Å². The first-order valence-electron chi connectivity index (χ1n) is 9.01. The van der Waals surface area contributed by atoms with Crippen LogP contribution in [0.2, 0.25) is 0 Å². The smallest absolute Gasteiger partial charge is 0.326 e. The van der Waals surface area contributed by atoms with E-state index < -0.39 is 24.0 Å². The lowest BCUT2D eigenvalue weighted by molar-refractivity contribution is -0.149. The number of aliphatic carboxylic acids is 1. The van der Waals surface area contributed by atoms with Gasteiger partial charge in [0.15, 0.2) is 6.10 Å². The molecule has 2 atom stereocenters. The molecule has 28 heavy (non-hydrogen) atoms. The van der Waals surface area contributed by atoms with E-state index in [0.29, 0.717) is 11.4 Å². The fourth-order valence-electron chi connectivity index (χ4n) is 3.10. The fourth-order valence-corrected chi connectivity index (χ4v) is 3.10. The predicted molar refractivity (Wildman–Crippen MR) is 103 cm³/mol. The Kier molecular flexibility index (Phi) is 5.63. The number of carboxylic acid groups (broad SMARTS) is 1. The van der Waals surface area contributed by atoms with E-state index in [1.54, 1.807) is 31.2 Å². The lowest BCUT2D eigenvalue weighted by Crippen LogP contribution is -2.52. The summed E-state index contributed by atoms with van der Waals surface area (Å²) < 4.78 is 5.59. The molecule has 1 aliphatic heterocycles. The van der Waals surface area contributed by atoms with Gasteiger partial charge in [-0.25, -0.2) is 4.79 Å². The summed E-state index contributed by atoms with van der Waals surface area (Å²) in [6.07, 6.45) is -0.720. The van der Waals surface area contributed by atoms with Crippen LogP contribution in [-0.4, -0.2) is 46.5 Å². The van der Waals surface area contributed by atoms with Crippen molar-refractivity contribution in [3.8, 4) is 5.75 Å². The van der Waals surface area contributed by atoms with Crippen LogP contribution in [0.15, 0.2) is 54.6 Å². The molecule has 1 N–H and O–H groups in total. The molecule has 0 saturated carbocycles. The molecule has 3 rings (SSSR count). The fraction of sp³-hybridized carbons (Fsp3) is 0.286. The number of nitrogens with zero attached hydrogens (tertiary/aromatic N) is 2. The minimum atomic E-state index is -1.11. The van der Waals surface area contributed by atoms with Crippen molar-refractivity contribution in [2.75, 3.05) is 11.4 Å². The molecule has 2 aromatic carbocycles. The number of benzene rings is 2. The van der Waals surface area contributed by atoms with Gasteiger partial charge in [-0.3, -0.25) is 14.5 Å². The van der Waals surface area contributed by atoms with Gasteiger partial charge in [-0.05, 0) is 31.5 Å². The van der Waals surface area contributed by atoms with Crippen LogP contribution in [0, 0.1) is 0 Å². The molecular weight excluding hydrogens is 360 g/mol. The Bertz CT molecular complexity index is 883. The zero-order chi connectivity index (χ0) is 20.3. The van der Waals surface area contributed by atoms with Crippen molar-refractivity contribution in [1.29, 1.82) is 0 Å². The Morgan fingerprint density at radius 3 is 2.46 bits per heavy atom. The van der Waals surface area contributed by atoms with Crippen molar-refractivity contribution < 1.29 is 24.2 Å². The summed E-state index contributed by atoms with van der Waals surface area (Å²) in [5.74, 6) is -1.37. The third-order valence-electron chi connectivity index (χ3n) is 4.71. The lowest BCUT2D eigenvalue weighted by atomic mass is 10.1. The van der Waals surface area contributed by atoms with Gasteiger partial charge in [-0.1, -0.05) is 42.5 Å². The summed E-state index contributed by atoms with van der Waals surface area (Å²) in [5, 5.41) is 9.44. The number of carbonyl (C=O) groups is 3. The first-order valence-corrected chi connectivity index (χ1v) is 9.01. The van der Waals surface area contributed by atoms with Gasteiger partial charge in [0.2, 0.25) is 5.91 Å². The highest BCUT2D eigenvalue weighted by Crippen LogP contribution is 2.33.